The summed E-state index contributed by atoms with van der Waals surface area (Å²) in [5.74, 6) is -0.446. The van der Waals surface area contributed by atoms with Crippen molar-refractivity contribution in [2.75, 3.05) is 23.7 Å². The second-order valence-corrected chi connectivity index (χ2v) is 6.70. The minimum Gasteiger partial charge on any atom is -0.339 e. The predicted molar refractivity (Wildman–Crippen MR) is 117 cm³/mol. The third kappa shape index (κ3) is 4.95. The highest BCUT2D eigenvalue weighted by Crippen LogP contribution is 2.23. The molecule has 9 heteroatoms. The van der Waals surface area contributed by atoms with Crippen molar-refractivity contribution in [3.8, 4) is 5.69 Å². The Hall–Kier alpha value is -4.01. The van der Waals surface area contributed by atoms with Gasteiger partial charge in [-0.15, -0.1) is 0 Å². The molecule has 31 heavy (non-hydrogen) atoms. The monoisotopic (exact) mass is 420 g/mol. The van der Waals surface area contributed by atoms with Crippen LogP contribution in [0.25, 0.3) is 5.69 Å². The summed E-state index contributed by atoms with van der Waals surface area (Å²) in [6.07, 6.45) is 2.88. The van der Waals surface area contributed by atoms with E-state index < -0.39 is 5.91 Å². The molecule has 0 unspecified atom stereocenters. The number of benzene rings is 1. The first-order chi connectivity index (χ1) is 14.9. The number of anilines is 2. The molecule has 2 heterocycles. The highest BCUT2D eigenvalue weighted by molar-refractivity contribution is 6.09. The van der Waals surface area contributed by atoms with Crippen LogP contribution < -0.4 is 10.6 Å². The topological polar surface area (TPSA) is 109 Å². The number of rotatable bonds is 7. The number of aromatic nitrogens is 3. The van der Waals surface area contributed by atoms with Crippen LogP contribution in [-0.2, 0) is 4.79 Å². The van der Waals surface area contributed by atoms with Crippen LogP contribution in [0.4, 0.5) is 11.6 Å². The molecule has 0 saturated carbocycles. The summed E-state index contributed by atoms with van der Waals surface area (Å²) < 4.78 is 1.52. The van der Waals surface area contributed by atoms with Crippen LogP contribution in [0, 0.1) is 0 Å². The summed E-state index contributed by atoms with van der Waals surface area (Å²) in [5.41, 5.74) is 1.27. The van der Waals surface area contributed by atoms with E-state index in [-0.39, 0.29) is 34.6 Å². The van der Waals surface area contributed by atoms with Crippen molar-refractivity contribution in [2.45, 2.75) is 20.8 Å². The van der Waals surface area contributed by atoms with E-state index >= 15 is 0 Å². The fourth-order valence-corrected chi connectivity index (χ4v) is 3.07. The Labute approximate surface area is 180 Å². The maximum atomic E-state index is 13.0. The molecular weight excluding hydrogens is 396 g/mol. The molecule has 0 aliphatic heterocycles. The fraction of sp³-hybridized carbons (Fsp3) is 0.227. The van der Waals surface area contributed by atoms with Crippen molar-refractivity contribution >= 4 is 29.4 Å². The van der Waals surface area contributed by atoms with Crippen LogP contribution in [0.5, 0.6) is 0 Å². The van der Waals surface area contributed by atoms with Crippen molar-refractivity contribution in [1.29, 1.82) is 0 Å². The lowest BCUT2D eigenvalue weighted by Gasteiger charge is -2.19. The Morgan fingerprint density at radius 3 is 2.39 bits per heavy atom. The maximum absolute atomic E-state index is 13.0. The SMILES string of the molecule is CCN(CC)C(=O)c1cnn(-c2ccccc2)c1NC(=O)c1ccnc(NC(C)=O)c1. The van der Waals surface area contributed by atoms with Gasteiger partial charge in [0.15, 0.2) is 0 Å². The van der Waals surface area contributed by atoms with Gasteiger partial charge in [-0.05, 0) is 38.1 Å². The molecule has 0 fully saturated rings. The van der Waals surface area contributed by atoms with E-state index in [0.29, 0.717) is 18.8 Å². The maximum Gasteiger partial charge on any atom is 0.259 e. The average Bonchev–Trinajstić information content (AvgIpc) is 3.18. The van der Waals surface area contributed by atoms with E-state index in [4.69, 9.17) is 0 Å². The molecule has 0 aliphatic rings. The standard InChI is InChI=1S/C22H24N6O3/c1-4-27(5-2)22(31)18-14-24-28(17-9-7-6-8-10-17)20(18)26-21(30)16-11-12-23-19(13-16)25-15(3)29/h6-14H,4-5H2,1-3H3,(H,26,30)(H,23,25,29). The van der Waals surface area contributed by atoms with Crippen molar-refractivity contribution in [1.82, 2.24) is 19.7 Å². The Kier molecular flexibility index (Phi) is 6.76. The van der Waals surface area contributed by atoms with E-state index in [1.807, 2.05) is 44.2 Å². The molecule has 2 N–H and O–H groups in total. The van der Waals surface area contributed by atoms with E-state index in [9.17, 15) is 14.4 Å². The number of carbonyl (C=O) groups excluding carboxylic acids is 3. The average molecular weight is 420 g/mol. The van der Waals surface area contributed by atoms with E-state index in [1.165, 1.54) is 36.1 Å². The molecule has 160 valence electrons. The van der Waals surface area contributed by atoms with Crippen LogP contribution in [0.1, 0.15) is 41.5 Å². The van der Waals surface area contributed by atoms with Crippen molar-refractivity contribution in [3.63, 3.8) is 0 Å². The van der Waals surface area contributed by atoms with Gasteiger partial charge in [0, 0.05) is 31.8 Å². The number of nitrogens with zero attached hydrogens (tertiary/aromatic N) is 4. The summed E-state index contributed by atoms with van der Waals surface area (Å²) in [5, 5.41) is 9.71. The number of hydrogen-bond donors (Lipinski definition) is 2. The zero-order valence-corrected chi connectivity index (χ0v) is 17.6. The highest BCUT2D eigenvalue weighted by Gasteiger charge is 2.24. The van der Waals surface area contributed by atoms with Crippen LogP contribution in [0.15, 0.2) is 54.9 Å². The molecule has 3 aromatic rings. The smallest absolute Gasteiger partial charge is 0.259 e. The fourth-order valence-electron chi connectivity index (χ4n) is 3.07. The van der Waals surface area contributed by atoms with Gasteiger partial charge in [0.1, 0.15) is 17.2 Å². The van der Waals surface area contributed by atoms with E-state index in [2.05, 4.69) is 20.7 Å². The van der Waals surface area contributed by atoms with Gasteiger partial charge in [-0.3, -0.25) is 14.4 Å². The van der Waals surface area contributed by atoms with Crippen LogP contribution >= 0.6 is 0 Å². The molecule has 0 radical (unpaired) electrons. The van der Waals surface area contributed by atoms with Gasteiger partial charge in [0.05, 0.1) is 11.9 Å². The molecule has 0 spiro atoms. The largest absolute Gasteiger partial charge is 0.339 e. The lowest BCUT2D eigenvalue weighted by Crippen LogP contribution is -2.31. The summed E-state index contributed by atoms with van der Waals surface area (Å²) in [6.45, 7) is 6.20. The minimum absolute atomic E-state index is 0.226. The number of para-hydroxylation sites is 1. The second-order valence-electron chi connectivity index (χ2n) is 6.70. The summed E-state index contributed by atoms with van der Waals surface area (Å²) >= 11 is 0. The van der Waals surface area contributed by atoms with Gasteiger partial charge in [0.2, 0.25) is 5.91 Å². The number of amides is 3. The summed E-state index contributed by atoms with van der Waals surface area (Å²) in [7, 11) is 0. The molecule has 2 aromatic heterocycles. The van der Waals surface area contributed by atoms with Gasteiger partial charge in [-0.1, -0.05) is 18.2 Å². The number of carbonyl (C=O) groups is 3. The van der Waals surface area contributed by atoms with Gasteiger partial charge in [-0.2, -0.15) is 5.10 Å². The number of hydrogen-bond acceptors (Lipinski definition) is 5. The van der Waals surface area contributed by atoms with Crippen molar-refractivity contribution in [3.05, 3.63) is 66.0 Å². The number of nitrogens with one attached hydrogen (secondary N) is 2. The van der Waals surface area contributed by atoms with E-state index in [1.54, 1.807) is 4.90 Å². The molecule has 9 nitrogen and oxygen atoms in total. The highest BCUT2D eigenvalue weighted by atomic mass is 16.2. The van der Waals surface area contributed by atoms with Crippen LogP contribution in [0.3, 0.4) is 0 Å². The zero-order valence-electron chi connectivity index (χ0n) is 17.6. The Balaban J connectivity index is 2.00. The first-order valence-electron chi connectivity index (χ1n) is 9.92. The van der Waals surface area contributed by atoms with Crippen molar-refractivity contribution in [2.24, 2.45) is 0 Å². The molecule has 0 atom stereocenters. The molecule has 0 saturated heterocycles. The van der Waals surface area contributed by atoms with Crippen LogP contribution in [-0.4, -0.2) is 50.5 Å². The first kappa shape index (κ1) is 21.7. The molecule has 3 amide bonds. The van der Waals surface area contributed by atoms with Crippen LogP contribution in [0.2, 0.25) is 0 Å². The van der Waals surface area contributed by atoms with Gasteiger partial charge < -0.3 is 15.5 Å². The third-order valence-corrected chi connectivity index (χ3v) is 4.61. The van der Waals surface area contributed by atoms with Gasteiger partial charge >= 0.3 is 0 Å². The zero-order chi connectivity index (χ0) is 22.4. The first-order valence-corrected chi connectivity index (χ1v) is 9.92. The van der Waals surface area contributed by atoms with Gasteiger partial charge in [0.25, 0.3) is 11.8 Å². The third-order valence-electron chi connectivity index (χ3n) is 4.61. The van der Waals surface area contributed by atoms with E-state index in [0.717, 1.165) is 0 Å². The molecule has 0 aliphatic carbocycles. The lowest BCUT2D eigenvalue weighted by atomic mass is 10.2. The van der Waals surface area contributed by atoms with Gasteiger partial charge in [-0.25, -0.2) is 9.67 Å². The summed E-state index contributed by atoms with van der Waals surface area (Å²) in [6, 6.07) is 12.2. The molecule has 3 rings (SSSR count). The normalized spacial score (nSPS) is 10.4. The number of pyridine rings is 1. The minimum atomic E-state index is -0.458. The lowest BCUT2D eigenvalue weighted by molar-refractivity contribution is -0.114. The molecular formula is C22H24N6O3. The Bertz CT molecular complexity index is 1090. The van der Waals surface area contributed by atoms with Crippen molar-refractivity contribution < 1.29 is 14.4 Å². The predicted octanol–water partition coefficient (Wildman–Crippen LogP) is 2.96. The Morgan fingerprint density at radius 1 is 1.03 bits per heavy atom. The Morgan fingerprint density at radius 2 is 1.74 bits per heavy atom. The second kappa shape index (κ2) is 9.66. The quantitative estimate of drug-likeness (QED) is 0.611. The molecule has 0 bridgehead atoms. The molecule has 1 aromatic carbocycles. The summed E-state index contributed by atoms with van der Waals surface area (Å²) in [4.78, 5) is 43.0.